The van der Waals surface area contributed by atoms with Crippen molar-refractivity contribution < 1.29 is 0 Å². The molecule has 10 aromatic rings. The molecule has 0 N–H and O–H groups in total. The van der Waals surface area contributed by atoms with Crippen LogP contribution in [0.3, 0.4) is 0 Å². The Morgan fingerprint density at radius 2 is 0.946 bits per heavy atom. The van der Waals surface area contributed by atoms with Crippen molar-refractivity contribution >= 4 is 5.57 Å². The quantitative estimate of drug-likeness (QED) is 0.114. The van der Waals surface area contributed by atoms with E-state index < -0.39 is 0 Å². The molecule has 74 heavy (non-hydrogen) atoms. The second-order valence-electron chi connectivity index (χ2n) is 21.0. The maximum atomic E-state index is 4.93. The van der Waals surface area contributed by atoms with Gasteiger partial charge < -0.3 is 0 Å². The predicted octanol–water partition coefficient (Wildman–Crippen LogP) is 19.6. The molecule has 10 aromatic carbocycles. The summed E-state index contributed by atoms with van der Waals surface area (Å²) in [5.41, 5.74) is 26.1. The first-order valence-electron chi connectivity index (χ1n) is 26.3. The Morgan fingerprint density at radius 1 is 0.446 bits per heavy atom. The third-order valence-corrected chi connectivity index (χ3v) is 16.1. The van der Waals surface area contributed by atoms with Gasteiger partial charge in [-0.25, -0.2) is 0 Å². The molecule has 0 amide bonds. The maximum absolute atomic E-state index is 4.93. The van der Waals surface area contributed by atoms with Crippen LogP contribution in [0, 0.1) is 12.8 Å². The molecule has 356 valence electrons. The second kappa shape index (κ2) is 19.8. The summed E-state index contributed by atoms with van der Waals surface area (Å²) in [7, 11) is 0. The van der Waals surface area contributed by atoms with Crippen LogP contribution in [0.1, 0.15) is 64.6 Å². The van der Waals surface area contributed by atoms with Crippen LogP contribution in [0.25, 0.3) is 72.3 Å². The van der Waals surface area contributed by atoms with Crippen molar-refractivity contribution in [3.05, 3.63) is 318 Å². The van der Waals surface area contributed by atoms with Crippen molar-refractivity contribution in [2.45, 2.75) is 44.4 Å². The van der Waals surface area contributed by atoms with Crippen LogP contribution in [0.2, 0.25) is 0 Å². The molecule has 3 atom stereocenters. The number of hydrogen-bond acceptors (Lipinski definition) is 0. The Hall–Kier alpha value is -8.58. The van der Waals surface area contributed by atoms with Crippen LogP contribution in [-0.4, -0.2) is 0 Å². The lowest BCUT2D eigenvalue weighted by molar-refractivity contribution is 0.394. The molecule has 0 aliphatic heterocycles. The molecule has 0 heteroatoms. The molecule has 0 aromatic heterocycles. The highest BCUT2D eigenvalue weighted by Gasteiger charge is 2.45. The first-order valence-corrected chi connectivity index (χ1v) is 26.3. The highest BCUT2D eigenvalue weighted by molar-refractivity contribution is 5.93. The van der Waals surface area contributed by atoms with Gasteiger partial charge in [0.15, 0.2) is 0 Å². The number of benzene rings is 10. The van der Waals surface area contributed by atoms with Crippen molar-refractivity contribution in [2.75, 3.05) is 0 Å². The van der Waals surface area contributed by atoms with E-state index in [0.29, 0.717) is 11.8 Å². The molecule has 2 aliphatic rings. The highest BCUT2D eigenvalue weighted by Crippen LogP contribution is 2.54. The van der Waals surface area contributed by atoms with Gasteiger partial charge in [0.05, 0.1) is 0 Å². The molecule has 0 heterocycles. The van der Waals surface area contributed by atoms with Crippen LogP contribution < -0.4 is 0 Å². The Morgan fingerprint density at radius 3 is 1.61 bits per heavy atom. The first kappa shape index (κ1) is 46.5. The van der Waals surface area contributed by atoms with Gasteiger partial charge in [0.25, 0.3) is 0 Å². The van der Waals surface area contributed by atoms with Crippen LogP contribution in [0.4, 0.5) is 0 Å². The van der Waals surface area contributed by atoms with Gasteiger partial charge in [0.2, 0.25) is 0 Å². The molecule has 0 saturated carbocycles. The zero-order valence-corrected chi connectivity index (χ0v) is 42.5. The van der Waals surface area contributed by atoms with E-state index in [2.05, 4.69) is 288 Å². The van der Waals surface area contributed by atoms with E-state index in [4.69, 9.17) is 6.58 Å². The highest BCUT2D eigenvalue weighted by atomic mass is 14.5. The number of fused-ring (bicyclic) bond motifs is 3. The Kier molecular flexibility index (Phi) is 12.4. The lowest BCUT2D eigenvalue weighted by Crippen LogP contribution is -2.25. The molecule has 0 fully saturated rings. The zero-order valence-electron chi connectivity index (χ0n) is 42.5. The summed E-state index contributed by atoms with van der Waals surface area (Å²) in [5, 5.41) is 0. The summed E-state index contributed by atoms with van der Waals surface area (Å²) >= 11 is 0. The topological polar surface area (TPSA) is 0 Å². The lowest BCUT2D eigenvalue weighted by Gasteiger charge is -2.31. The average molecular weight is 949 g/mol. The zero-order chi connectivity index (χ0) is 50.2. The number of aryl methyl sites for hydroxylation is 1. The first-order chi connectivity index (χ1) is 36.2. The molecule has 0 nitrogen and oxygen atoms in total. The maximum Gasteiger partial charge on any atom is 0.0130 e. The summed E-state index contributed by atoms with van der Waals surface area (Å²) in [6, 6.07) is 91.7. The summed E-state index contributed by atoms with van der Waals surface area (Å²) in [6.45, 7) is 12.0. The van der Waals surface area contributed by atoms with Crippen molar-refractivity contribution in [2.24, 2.45) is 5.92 Å². The fourth-order valence-electron chi connectivity index (χ4n) is 12.1. The van der Waals surface area contributed by atoms with E-state index in [9.17, 15) is 0 Å². The van der Waals surface area contributed by atoms with Gasteiger partial charge in [-0.3, -0.25) is 0 Å². The van der Waals surface area contributed by atoms with E-state index in [1.54, 1.807) is 0 Å². The predicted molar refractivity (Wildman–Crippen MR) is 314 cm³/mol. The smallest absolute Gasteiger partial charge is 0.0130 e. The van der Waals surface area contributed by atoms with Gasteiger partial charge >= 0.3 is 0 Å². The molecule has 0 saturated heterocycles. The van der Waals surface area contributed by atoms with Gasteiger partial charge in [0, 0.05) is 11.8 Å². The minimum absolute atomic E-state index is 0.0563. The largest absolute Gasteiger partial charge is 0.0905 e. The number of rotatable bonds is 12. The Bertz CT molecular complexity index is 3740. The monoisotopic (exact) mass is 948 g/mol. The summed E-state index contributed by atoms with van der Waals surface area (Å²) in [6.07, 6.45) is 8.18. The Balaban J connectivity index is 0.895. The van der Waals surface area contributed by atoms with Crippen LogP contribution in [0.15, 0.2) is 279 Å². The second-order valence-corrected chi connectivity index (χ2v) is 21.0. The molecule has 12 rings (SSSR count). The van der Waals surface area contributed by atoms with Gasteiger partial charge in [-0.1, -0.05) is 275 Å². The van der Waals surface area contributed by atoms with E-state index in [1.165, 1.54) is 106 Å². The van der Waals surface area contributed by atoms with Crippen molar-refractivity contribution in [1.29, 1.82) is 0 Å². The minimum Gasteiger partial charge on any atom is -0.0905 e. The van der Waals surface area contributed by atoms with Crippen LogP contribution in [-0.2, 0) is 11.8 Å². The third-order valence-electron chi connectivity index (χ3n) is 16.1. The SMILES string of the molecule is C=C(C1=CC2c3ccccc3C(C)(C)C2C=C1)c1cc(-c2cccc(-c3ccc(C(Cc4cccc(-c5ccccc5)c4)c4cccc(-c5ccccc5)c4)cc3)c2)ccc1-c1ccc(-c2ccccc2)cc1C. The van der Waals surface area contributed by atoms with Gasteiger partial charge in [0.1, 0.15) is 0 Å². The van der Waals surface area contributed by atoms with E-state index in [1.807, 2.05) is 0 Å². The van der Waals surface area contributed by atoms with E-state index in [0.717, 1.165) is 17.6 Å². The standard InChI is InChI=1S/C74H60/c1-50-43-63(55-24-12-7-13-25-55)37-40-66(50)67-41-38-64(49-69(67)51(2)58-39-42-73-71(48-58)68-31-14-15-32-72(68)74(73,3)4)62-29-17-27-60(46-62)56-33-35-57(36-34-56)70(65-30-18-28-61(47-65)54-22-10-6-11-23-54)45-52-19-16-26-59(44-52)53-20-8-5-9-21-53/h5-44,46-49,70-71,73H,2,45H2,1,3-4H3. The molecule has 2 aliphatic carbocycles. The van der Waals surface area contributed by atoms with Crippen molar-refractivity contribution in [1.82, 2.24) is 0 Å². The van der Waals surface area contributed by atoms with Gasteiger partial charge in [-0.15, -0.1) is 0 Å². The van der Waals surface area contributed by atoms with E-state index >= 15 is 0 Å². The Labute approximate surface area is 438 Å². The molecule has 0 spiro atoms. The number of allylic oxidation sites excluding steroid dienone is 5. The number of hydrogen-bond donors (Lipinski definition) is 0. The fraction of sp³-hybridized carbons (Fsp3) is 0.108. The van der Waals surface area contributed by atoms with Crippen LogP contribution >= 0.6 is 0 Å². The molecular weight excluding hydrogens is 889 g/mol. The van der Waals surface area contributed by atoms with Gasteiger partial charge in [-0.05, 0) is 154 Å². The average Bonchev–Trinajstić information content (AvgIpc) is 3.70. The van der Waals surface area contributed by atoms with Crippen LogP contribution in [0.5, 0.6) is 0 Å². The molecular formula is C74H60. The molecule has 0 bridgehead atoms. The summed E-state index contributed by atoms with van der Waals surface area (Å²) < 4.78 is 0. The van der Waals surface area contributed by atoms with Gasteiger partial charge in [-0.2, -0.15) is 0 Å². The lowest BCUT2D eigenvalue weighted by atomic mass is 9.73. The summed E-state index contributed by atoms with van der Waals surface area (Å²) in [5.74, 6) is 0.865. The molecule has 0 radical (unpaired) electrons. The third kappa shape index (κ3) is 9.03. The molecule has 3 unspecified atom stereocenters. The fourth-order valence-corrected chi connectivity index (χ4v) is 12.1. The van der Waals surface area contributed by atoms with E-state index in [-0.39, 0.29) is 11.3 Å². The van der Waals surface area contributed by atoms with Crippen molar-refractivity contribution in [3.8, 4) is 66.8 Å². The van der Waals surface area contributed by atoms with Crippen molar-refractivity contribution in [3.63, 3.8) is 0 Å². The minimum atomic E-state index is 0.0563. The summed E-state index contributed by atoms with van der Waals surface area (Å²) in [4.78, 5) is 0. The normalized spacial score (nSPS) is 15.7.